The Morgan fingerprint density at radius 2 is 1.83 bits per heavy atom. The van der Waals surface area contributed by atoms with Gasteiger partial charge >= 0.3 is 12.5 Å². The summed E-state index contributed by atoms with van der Waals surface area (Å²) in [6.07, 6.45) is -6.04. The van der Waals surface area contributed by atoms with Crippen LogP contribution in [0.2, 0.25) is 0 Å². The third-order valence-electron chi connectivity index (χ3n) is 3.32. The van der Waals surface area contributed by atoms with Gasteiger partial charge in [-0.15, -0.1) is 22.6 Å². The van der Waals surface area contributed by atoms with Gasteiger partial charge in [0.25, 0.3) is 5.88 Å². The van der Waals surface area contributed by atoms with Crippen molar-refractivity contribution in [3.8, 4) is 23.0 Å². The number of hydrogen-bond donors (Lipinski definition) is 0. The molecule has 0 spiro atoms. The maximum atomic E-state index is 13.0. The second-order valence-electron chi connectivity index (χ2n) is 5.31. The smallest absolute Gasteiger partial charge is 0.497 e. The second kappa shape index (κ2) is 7.69. The van der Waals surface area contributed by atoms with Gasteiger partial charge in [-0.1, -0.05) is 0 Å². The summed E-state index contributed by atoms with van der Waals surface area (Å²) in [7, 11) is 1.22. The van der Waals surface area contributed by atoms with Crippen molar-refractivity contribution in [2.24, 2.45) is 0 Å². The van der Waals surface area contributed by atoms with E-state index in [1.807, 2.05) is 0 Å². The molecule has 0 N–H and O–H groups in total. The summed E-state index contributed by atoms with van der Waals surface area (Å²) in [5.41, 5.74) is -1.11. The van der Waals surface area contributed by atoms with Gasteiger partial charge in [-0.3, -0.25) is 0 Å². The van der Waals surface area contributed by atoms with Crippen LogP contribution in [0.15, 0.2) is 24.5 Å². The van der Waals surface area contributed by atoms with E-state index >= 15 is 0 Å². The Balaban J connectivity index is 1.85. The lowest BCUT2D eigenvalue weighted by Gasteiger charge is -2.10. The molecule has 0 saturated carbocycles. The molecule has 2 aromatic heterocycles. The van der Waals surface area contributed by atoms with Gasteiger partial charge in [0, 0.05) is 11.8 Å². The highest BCUT2D eigenvalue weighted by atomic mass is 32.1. The van der Waals surface area contributed by atoms with Crippen LogP contribution in [-0.2, 0) is 6.18 Å². The molecule has 29 heavy (non-hydrogen) atoms. The molecule has 0 unspecified atom stereocenters. The molecular weight excluding hydrogens is 428 g/mol. The van der Waals surface area contributed by atoms with Crippen LogP contribution in [0.4, 0.5) is 26.3 Å². The first-order valence-corrected chi connectivity index (χ1v) is 8.22. The Labute approximate surface area is 162 Å². The standard InChI is InChI=1S/C15H9F6N5O2S/c1-27-10-5-8(4-9(6-10)14(16,17)18)12-22-7-26(23-12)3-2-11-13(25-29-24-11)28-15(19,20)21/h2-7H,1H3. The second-order valence-corrected chi connectivity index (χ2v) is 5.84. The number of nitrogens with zero attached hydrogens (tertiary/aromatic N) is 5. The van der Waals surface area contributed by atoms with E-state index in [2.05, 4.69) is 23.6 Å². The van der Waals surface area contributed by atoms with Crippen LogP contribution in [0, 0.1) is 0 Å². The monoisotopic (exact) mass is 437 g/mol. The largest absolute Gasteiger partial charge is 0.574 e. The predicted octanol–water partition coefficient (Wildman–Crippen LogP) is 4.35. The Hall–Kier alpha value is -3.16. The summed E-state index contributed by atoms with van der Waals surface area (Å²) in [5.74, 6) is -0.826. The fraction of sp³-hybridized carbons (Fsp3) is 0.200. The van der Waals surface area contributed by atoms with Gasteiger partial charge in [-0.05, 0) is 24.3 Å². The molecule has 0 aliphatic carbocycles. The maximum Gasteiger partial charge on any atom is 0.574 e. The van der Waals surface area contributed by atoms with Crippen LogP contribution in [0.5, 0.6) is 11.6 Å². The van der Waals surface area contributed by atoms with Crippen LogP contribution >= 0.6 is 11.7 Å². The van der Waals surface area contributed by atoms with Crippen LogP contribution in [-0.4, -0.2) is 37.0 Å². The molecule has 0 aliphatic heterocycles. The van der Waals surface area contributed by atoms with E-state index in [-0.39, 0.29) is 22.8 Å². The number of alkyl halides is 6. The van der Waals surface area contributed by atoms with Gasteiger partial charge in [0.15, 0.2) is 5.82 Å². The maximum absolute atomic E-state index is 13.0. The molecule has 0 bridgehead atoms. The lowest BCUT2D eigenvalue weighted by atomic mass is 10.1. The molecular formula is C15H9F6N5O2S. The number of methoxy groups -OCH3 is 1. The van der Waals surface area contributed by atoms with Gasteiger partial charge in [0.05, 0.1) is 24.4 Å². The predicted molar refractivity (Wildman–Crippen MR) is 88.8 cm³/mol. The molecule has 3 rings (SSSR count). The van der Waals surface area contributed by atoms with Gasteiger partial charge < -0.3 is 9.47 Å². The van der Waals surface area contributed by atoms with Crippen molar-refractivity contribution in [2.75, 3.05) is 7.11 Å². The zero-order valence-corrected chi connectivity index (χ0v) is 15.0. The summed E-state index contributed by atoms with van der Waals surface area (Å²) < 4.78 is 92.7. The Morgan fingerprint density at radius 3 is 2.48 bits per heavy atom. The zero-order chi connectivity index (χ0) is 21.2. The molecule has 14 heteroatoms. The molecule has 0 saturated heterocycles. The highest BCUT2D eigenvalue weighted by molar-refractivity contribution is 6.99. The van der Waals surface area contributed by atoms with Crippen molar-refractivity contribution in [2.45, 2.75) is 12.5 Å². The van der Waals surface area contributed by atoms with E-state index in [4.69, 9.17) is 4.74 Å². The number of aromatic nitrogens is 5. The number of hydrogen-bond acceptors (Lipinski definition) is 7. The molecule has 0 amide bonds. The molecule has 0 aliphatic rings. The van der Waals surface area contributed by atoms with Crippen LogP contribution in [0.1, 0.15) is 11.3 Å². The van der Waals surface area contributed by atoms with Crippen LogP contribution < -0.4 is 9.47 Å². The van der Waals surface area contributed by atoms with E-state index in [0.717, 1.165) is 29.2 Å². The van der Waals surface area contributed by atoms with Gasteiger partial charge in [-0.2, -0.15) is 17.5 Å². The summed E-state index contributed by atoms with van der Waals surface area (Å²) >= 11 is 0.510. The van der Waals surface area contributed by atoms with Crippen LogP contribution in [0.25, 0.3) is 23.7 Å². The molecule has 0 fully saturated rings. The van der Waals surface area contributed by atoms with E-state index in [1.54, 1.807) is 0 Å². The minimum Gasteiger partial charge on any atom is -0.497 e. The van der Waals surface area contributed by atoms with Gasteiger partial charge in [0.2, 0.25) is 0 Å². The first kappa shape index (κ1) is 20.6. The average Bonchev–Trinajstić information content (AvgIpc) is 3.26. The van der Waals surface area contributed by atoms with Crippen molar-refractivity contribution in [1.29, 1.82) is 0 Å². The van der Waals surface area contributed by atoms with E-state index in [0.29, 0.717) is 11.7 Å². The number of ether oxygens (including phenoxy) is 2. The van der Waals surface area contributed by atoms with Crippen molar-refractivity contribution in [1.82, 2.24) is 23.5 Å². The van der Waals surface area contributed by atoms with E-state index < -0.39 is 24.0 Å². The van der Waals surface area contributed by atoms with E-state index in [9.17, 15) is 26.3 Å². The highest BCUT2D eigenvalue weighted by Crippen LogP contribution is 2.34. The molecule has 154 valence electrons. The Kier molecular flexibility index (Phi) is 5.46. The lowest BCUT2D eigenvalue weighted by molar-refractivity contribution is -0.276. The van der Waals surface area contributed by atoms with Gasteiger partial charge in [-0.25, -0.2) is 9.67 Å². The quantitative estimate of drug-likeness (QED) is 0.553. The molecule has 1 aromatic carbocycles. The third kappa shape index (κ3) is 5.22. The van der Waals surface area contributed by atoms with Crippen molar-refractivity contribution >= 4 is 24.0 Å². The fourth-order valence-electron chi connectivity index (χ4n) is 2.11. The summed E-state index contributed by atoms with van der Waals surface area (Å²) in [4.78, 5) is 3.90. The first-order valence-electron chi connectivity index (χ1n) is 7.49. The molecule has 7 nitrogen and oxygen atoms in total. The van der Waals surface area contributed by atoms with Crippen molar-refractivity contribution in [3.05, 3.63) is 35.8 Å². The highest BCUT2D eigenvalue weighted by Gasteiger charge is 2.33. The number of benzene rings is 1. The number of rotatable bonds is 5. The Morgan fingerprint density at radius 1 is 1.07 bits per heavy atom. The van der Waals surface area contributed by atoms with Crippen molar-refractivity contribution < 1.29 is 35.8 Å². The topological polar surface area (TPSA) is 75.0 Å². The fourth-order valence-corrected chi connectivity index (χ4v) is 2.58. The average molecular weight is 437 g/mol. The normalized spacial score (nSPS) is 12.5. The van der Waals surface area contributed by atoms with Gasteiger partial charge in [0.1, 0.15) is 17.8 Å². The van der Waals surface area contributed by atoms with E-state index in [1.165, 1.54) is 19.4 Å². The van der Waals surface area contributed by atoms with Crippen LogP contribution in [0.3, 0.4) is 0 Å². The molecule has 3 aromatic rings. The SMILES string of the molecule is COc1cc(-c2ncn(C=Cc3nsnc3OC(F)(F)F)n2)cc(C(F)(F)F)c1. The minimum absolute atomic E-state index is 0.0378. The first-order chi connectivity index (χ1) is 13.5. The summed E-state index contributed by atoms with van der Waals surface area (Å²) in [5, 5.41) is 3.97. The zero-order valence-electron chi connectivity index (χ0n) is 14.2. The number of halogens is 6. The Bertz CT molecular complexity index is 1030. The third-order valence-corrected chi connectivity index (χ3v) is 3.84. The van der Waals surface area contributed by atoms with Crippen molar-refractivity contribution in [3.63, 3.8) is 0 Å². The summed E-state index contributed by atoms with van der Waals surface area (Å²) in [6, 6.07) is 3.00. The molecule has 2 heterocycles. The summed E-state index contributed by atoms with van der Waals surface area (Å²) in [6.45, 7) is 0. The minimum atomic E-state index is -4.93. The molecule has 0 radical (unpaired) electrons. The molecule has 0 atom stereocenters. The lowest BCUT2D eigenvalue weighted by Crippen LogP contribution is -2.17.